The lowest BCUT2D eigenvalue weighted by Crippen LogP contribution is -2.19. The molecule has 0 aliphatic carbocycles. The highest BCUT2D eigenvalue weighted by Gasteiger charge is 2.05. The van der Waals surface area contributed by atoms with Gasteiger partial charge in [0.15, 0.2) is 4.77 Å². The summed E-state index contributed by atoms with van der Waals surface area (Å²) in [5, 5.41) is 0.906. The number of nitrogens with one attached hydrogen (secondary N) is 1. The van der Waals surface area contributed by atoms with Gasteiger partial charge in [-0.25, -0.2) is 0 Å². The maximum absolute atomic E-state index is 11.9. The third-order valence-corrected chi connectivity index (χ3v) is 2.89. The third-order valence-electron chi connectivity index (χ3n) is 2.17. The van der Waals surface area contributed by atoms with Crippen molar-refractivity contribution < 1.29 is 0 Å². The molecule has 0 bridgehead atoms. The molecule has 0 unspecified atom stereocenters. The third kappa shape index (κ3) is 2.60. The molecule has 2 rings (SSSR count). The van der Waals surface area contributed by atoms with Gasteiger partial charge in [0.05, 0.1) is 5.69 Å². The van der Waals surface area contributed by atoms with Crippen molar-refractivity contribution in [2.45, 2.75) is 6.92 Å². The Hall–Kier alpha value is -1.10. The van der Waals surface area contributed by atoms with Crippen molar-refractivity contribution in [3.8, 4) is 5.69 Å². The smallest absolute Gasteiger partial charge is 0.259 e. The van der Waals surface area contributed by atoms with Gasteiger partial charge in [0.25, 0.3) is 5.56 Å². The summed E-state index contributed by atoms with van der Waals surface area (Å²) in [5.74, 6) is 0. The number of H-pyrrole nitrogens is 1. The number of halogens is 2. The molecule has 1 aromatic heterocycles. The standard InChI is InChI=1S/C11H8Cl2N2OS/c1-6-2-10(16)15(11(17)14-6)9-4-7(12)3-8(13)5-9/h2-5H,1H3,(H,14,17). The molecule has 0 spiro atoms. The van der Waals surface area contributed by atoms with E-state index in [1.807, 2.05) is 0 Å². The molecule has 0 saturated carbocycles. The van der Waals surface area contributed by atoms with Crippen LogP contribution in [-0.4, -0.2) is 9.55 Å². The van der Waals surface area contributed by atoms with E-state index >= 15 is 0 Å². The summed E-state index contributed by atoms with van der Waals surface area (Å²) in [4.78, 5) is 14.8. The molecule has 88 valence electrons. The zero-order valence-electron chi connectivity index (χ0n) is 8.83. The summed E-state index contributed by atoms with van der Waals surface area (Å²) in [5.41, 5.74) is 1.04. The molecule has 1 aromatic carbocycles. The van der Waals surface area contributed by atoms with Crippen molar-refractivity contribution in [2.75, 3.05) is 0 Å². The first kappa shape index (κ1) is 12.4. The van der Waals surface area contributed by atoms with E-state index in [1.165, 1.54) is 10.6 Å². The largest absolute Gasteiger partial charge is 0.336 e. The van der Waals surface area contributed by atoms with Crippen molar-refractivity contribution in [1.82, 2.24) is 9.55 Å². The zero-order valence-corrected chi connectivity index (χ0v) is 11.2. The quantitative estimate of drug-likeness (QED) is 0.815. The Balaban J connectivity index is 2.77. The lowest BCUT2D eigenvalue weighted by molar-refractivity contribution is 0.894. The first-order chi connectivity index (χ1) is 7.97. The number of hydrogen-bond acceptors (Lipinski definition) is 2. The SMILES string of the molecule is Cc1cc(=O)n(-c2cc(Cl)cc(Cl)c2)c(=S)[nH]1. The molecule has 0 aliphatic rings. The Bertz CT molecular complexity index is 639. The van der Waals surface area contributed by atoms with Crippen molar-refractivity contribution in [3.63, 3.8) is 0 Å². The molecular weight excluding hydrogens is 279 g/mol. The predicted molar refractivity (Wildman–Crippen MR) is 72.0 cm³/mol. The van der Waals surface area contributed by atoms with E-state index in [9.17, 15) is 4.79 Å². The van der Waals surface area contributed by atoms with Gasteiger partial charge in [-0.1, -0.05) is 23.2 Å². The van der Waals surface area contributed by atoms with Gasteiger partial charge in [-0.15, -0.1) is 0 Å². The average Bonchev–Trinajstić information content (AvgIpc) is 2.13. The van der Waals surface area contributed by atoms with Crippen molar-refractivity contribution in [2.24, 2.45) is 0 Å². The first-order valence-electron chi connectivity index (χ1n) is 4.77. The molecule has 17 heavy (non-hydrogen) atoms. The normalized spacial score (nSPS) is 10.5. The predicted octanol–water partition coefficient (Wildman–Crippen LogP) is 3.51. The Morgan fingerprint density at radius 1 is 1.18 bits per heavy atom. The summed E-state index contributed by atoms with van der Waals surface area (Å²) in [7, 11) is 0. The van der Waals surface area contributed by atoms with E-state index in [0.717, 1.165) is 0 Å². The molecular formula is C11H8Cl2N2OS. The summed E-state index contributed by atoms with van der Waals surface area (Å²) in [6.07, 6.45) is 0. The average molecular weight is 287 g/mol. The van der Waals surface area contributed by atoms with E-state index < -0.39 is 0 Å². The minimum atomic E-state index is -0.218. The van der Waals surface area contributed by atoms with E-state index in [4.69, 9.17) is 35.4 Å². The summed E-state index contributed by atoms with van der Waals surface area (Å²) < 4.78 is 1.66. The minimum Gasteiger partial charge on any atom is -0.336 e. The number of benzene rings is 1. The molecule has 0 radical (unpaired) electrons. The number of nitrogens with zero attached hydrogens (tertiary/aromatic N) is 1. The van der Waals surface area contributed by atoms with Gasteiger partial charge in [-0.05, 0) is 37.3 Å². The number of aromatic amines is 1. The van der Waals surface area contributed by atoms with Gasteiger partial charge in [-0.2, -0.15) is 0 Å². The minimum absolute atomic E-state index is 0.218. The molecule has 3 nitrogen and oxygen atoms in total. The van der Waals surface area contributed by atoms with Crippen LogP contribution in [0.3, 0.4) is 0 Å². The van der Waals surface area contributed by atoms with Crippen molar-refractivity contribution >= 4 is 35.4 Å². The lowest BCUT2D eigenvalue weighted by atomic mass is 10.3. The second-order valence-corrected chi connectivity index (χ2v) is 4.82. The van der Waals surface area contributed by atoms with Crippen molar-refractivity contribution in [1.29, 1.82) is 0 Å². The van der Waals surface area contributed by atoms with Gasteiger partial charge in [0, 0.05) is 21.8 Å². The molecule has 0 aliphatic heterocycles. The van der Waals surface area contributed by atoms with Crippen LogP contribution in [0.1, 0.15) is 5.69 Å². The van der Waals surface area contributed by atoms with Crippen LogP contribution in [0.4, 0.5) is 0 Å². The second-order valence-electron chi connectivity index (χ2n) is 3.56. The molecule has 0 amide bonds. The molecule has 2 aromatic rings. The number of aryl methyl sites for hydroxylation is 1. The van der Waals surface area contributed by atoms with E-state index in [1.54, 1.807) is 25.1 Å². The number of aromatic nitrogens is 2. The summed E-state index contributed by atoms with van der Waals surface area (Å²) in [6, 6.07) is 6.32. The van der Waals surface area contributed by atoms with Gasteiger partial charge in [0.1, 0.15) is 0 Å². The molecule has 0 atom stereocenters. The van der Waals surface area contributed by atoms with Crippen LogP contribution in [0.15, 0.2) is 29.1 Å². The molecule has 0 fully saturated rings. The molecule has 1 N–H and O–H groups in total. The van der Waals surface area contributed by atoms with Crippen LogP contribution in [0.5, 0.6) is 0 Å². The summed E-state index contributed by atoms with van der Waals surface area (Å²) >= 11 is 16.9. The van der Waals surface area contributed by atoms with Gasteiger partial charge < -0.3 is 4.98 Å². The summed E-state index contributed by atoms with van der Waals surface area (Å²) in [6.45, 7) is 1.77. The Morgan fingerprint density at radius 2 is 1.76 bits per heavy atom. The highest BCUT2D eigenvalue weighted by atomic mass is 35.5. The fourth-order valence-corrected chi connectivity index (χ4v) is 2.39. The first-order valence-corrected chi connectivity index (χ1v) is 5.93. The van der Waals surface area contributed by atoms with Gasteiger partial charge in [0.2, 0.25) is 0 Å². The number of rotatable bonds is 1. The van der Waals surface area contributed by atoms with E-state index in [-0.39, 0.29) is 5.56 Å². The highest BCUT2D eigenvalue weighted by molar-refractivity contribution is 7.71. The molecule has 1 heterocycles. The van der Waals surface area contributed by atoms with Crippen LogP contribution in [-0.2, 0) is 0 Å². The Kier molecular flexibility index (Phi) is 3.38. The topological polar surface area (TPSA) is 37.8 Å². The maximum atomic E-state index is 11.9. The molecule has 0 saturated heterocycles. The zero-order chi connectivity index (χ0) is 12.6. The van der Waals surface area contributed by atoms with Crippen LogP contribution in [0.2, 0.25) is 10.0 Å². The fraction of sp³-hybridized carbons (Fsp3) is 0.0909. The van der Waals surface area contributed by atoms with Crippen LogP contribution >= 0.6 is 35.4 Å². The monoisotopic (exact) mass is 286 g/mol. The van der Waals surface area contributed by atoms with Crippen molar-refractivity contribution in [3.05, 3.63) is 55.1 Å². The number of hydrogen-bond donors (Lipinski definition) is 1. The Labute approximate surface area is 113 Å². The Morgan fingerprint density at radius 3 is 2.29 bits per heavy atom. The second kappa shape index (κ2) is 4.64. The molecule has 6 heteroatoms. The van der Waals surface area contributed by atoms with Crippen LogP contribution < -0.4 is 5.56 Å². The van der Waals surface area contributed by atoms with Gasteiger partial charge >= 0.3 is 0 Å². The lowest BCUT2D eigenvalue weighted by Gasteiger charge is -2.07. The van der Waals surface area contributed by atoms with Crippen LogP contribution in [0, 0.1) is 11.7 Å². The maximum Gasteiger partial charge on any atom is 0.259 e. The fourth-order valence-electron chi connectivity index (χ4n) is 1.52. The van der Waals surface area contributed by atoms with E-state index in [0.29, 0.717) is 26.2 Å². The van der Waals surface area contributed by atoms with Crippen LogP contribution in [0.25, 0.3) is 5.69 Å². The highest BCUT2D eigenvalue weighted by Crippen LogP contribution is 2.20. The van der Waals surface area contributed by atoms with E-state index in [2.05, 4.69) is 4.98 Å². The van der Waals surface area contributed by atoms with Gasteiger partial charge in [-0.3, -0.25) is 9.36 Å².